The zero-order chi connectivity index (χ0) is 21.7. The Hall–Kier alpha value is -4.04. The summed E-state index contributed by atoms with van der Waals surface area (Å²) in [6, 6.07) is 9.63. The summed E-state index contributed by atoms with van der Waals surface area (Å²) in [7, 11) is 0. The highest BCUT2D eigenvalue weighted by Crippen LogP contribution is 2.39. The monoisotopic (exact) mass is 417 g/mol. The van der Waals surface area contributed by atoms with E-state index in [4.69, 9.17) is 0 Å². The maximum absolute atomic E-state index is 12.9. The molecule has 2 aromatic carbocycles. The van der Waals surface area contributed by atoms with Gasteiger partial charge in [0.05, 0.1) is 11.1 Å². The second-order valence-corrected chi connectivity index (χ2v) is 7.48. The van der Waals surface area contributed by atoms with Crippen molar-refractivity contribution in [2.45, 2.75) is 13.0 Å². The van der Waals surface area contributed by atoms with E-state index in [0.29, 0.717) is 34.9 Å². The Morgan fingerprint density at radius 2 is 1.55 bits per heavy atom. The van der Waals surface area contributed by atoms with Crippen molar-refractivity contribution in [3.05, 3.63) is 59.9 Å². The van der Waals surface area contributed by atoms with Gasteiger partial charge >= 0.3 is 0 Å². The zero-order valence-electron chi connectivity index (χ0n) is 16.3. The fourth-order valence-electron chi connectivity index (χ4n) is 4.19. The number of fused-ring (bicyclic) bond motifs is 2. The molecule has 0 aliphatic carbocycles. The third kappa shape index (κ3) is 2.96. The minimum absolute atomic E-state index is 0.0127. The number of nitrogens with zero attached hydrogens (tertiary/aromatic N) is 1. The van der Waals surface area contributed by atoms with Crippen molar-refractivity contribution in [3.63, 3.8) is 0 Å². The number of H-pyrrole nitrogens is 1. The van der Waals surface area contributed by atoms with Gasteiger partial charge in [-0.2, -0.15) is 0 Å². The molecule has 8 heteroatoms. The Labute approximate surface area is 176 Å². The molecule has 8 nitrogen and oxygen atoms in total. The summed E-state index contributed by atoms with van der Waals surface area (Å²) in [6.07, 6.45) is 3.92. The van der Waals surface area contributed by atoms with E-state index in [1.54, 1.807) is 36.7 Å². The first-order chi connectivity index (χ1) is 15.0. The number of imide groups is 1. The minimum Gasteiger partial charge on any atom is -0.508 e. The number of benzene rings is 2. The zero-order valence-corrected chi connectivity index (χ0v) is 16.3. The number of aliphatic hydroxyl groups is 1. The Kier molecular flexibility index (Phi) is 4.30. The number of aryl methyl sites for hydroxylation is 1. The van der Waals surface area contributed by atoms with Crippen molar-refractivity contribution in [3.8, 4) is 11.5 Å². The van der Waals surface area contributed by atoms with Gasteiger partial charge < -0.3 is 24.9 Å². The fourth-order valence-corrected chi connectivity index (χ4v) is 4.19. The molecule has 2 amide bonds. The molecule has 3 heterocycles. The number of aliphatic hydroxyl groups excluding tert-OH is 1. The number of carbonyl (C=O) groups is 2. The van der Waals surface area contributed by atoms with Crippen molar-refractivity contribution < 1.29 is 24.9 Å². The first kappa shape index (κ1) is 19.0. The molecule has 0 bridgehead atoms. The highest BCUT2D eigenvalue weighted by atomic mass is 16.3. The molecule has 1 aliphatic heterocycles. The molecule has 1 aliphatic rings. The molecule has 2 aromatic heterocycles. The molecule has 0 saturated heterocycles. The molecule has 0 atom stereocenters. The van der Waals surface area contributed by atoms with Crippen molar-refractivity contribution in [1.82, 2.24) is 14.9 Å². The summed E-state index contributed by atoms with van der Waals surface area (Å²) < 4.78 is 1.89. The van der Waals surface area contributed by atoms with Gasteiger partial charge in [-0.1, -0.05) is 0 Å². The van der Waals surface area contributed by atoms with Gasteiger partial charge in [-0.15, -0.1) is 0 Å². The van der Waals surface area contributed by atoms with E-state index in [9.17, 15) is 24.9 Å². The van der Waals surface area contributed by atoms with Crippen molar-refractivity contribution in [2.24, 2.45) is 0 Å². The van der Waals surface area contributed by atoms with E-state index >= 15 is 0 Å². The van der Waals surface area contributed by atoms with E-state index < -0.39 is 11.8 Å². The quantitative estimate of drug-likeness (QED) is 0.319. The molecule has 0 unspecified atom stereocenters. The molecule has 0 fully saturated rings. The minimum atomic E-state index is -0.529. The third-order valence-corrected chi connectivity index (χ3v) is 5.56. The second kappa shape index (κ2) is 7.03. The van der Waals surface area contributed by atoms with Crippen molar-refractivity contribution >= 4 is 44.8 Å². The molecule has 156 valence electrons. The van der Waals surface area contributed by atoms with Crippen LogP contribution in [0.3, 0.4) is 0 Å². The predicted octanol–water partition coefficient (Wildman–Crippen LogP) is 2.48. The number of amides is 2. The smallest absolute Gasteiger partial charge is 0.259 e. The average Bonchev–Trinajstić information content (AvgIpc) is 3.38. The van der Waals surface area contributed by atoms with Crippen LogP contribution >= 0.6 is 0 Å². The fraction of sp³-hybridized carbons (Fsp3) is 0.130. The largest absolute Gasteiger partial charge is 0.508 e. The van der Waals surface area contributed by atoms with Crippen LogP contribution in [0.5, 0.6) is 11.5 Å². The summed E-state index contributed by atoms with van der Waals surface area (Å²) in [6.45, 7) is 0.524. The Balaban J connectivity index is 1.81. The number of rotatable bonds is 5. The average molecular weight is 417 g/mol. The van der Waals surface area contributed by atoms with Crippen molar-refractivity contribution in [1.29, 1.82) is 0 Å². The van der Waals surface area contributed by atoms with Gasteiger partial charge in [0.2, 0.25) is 0 Å². The summed E-state index contributed by atoms with van der Waals surface area (Å²) in [5.41, 5.74) is 2.91. The summed E-state index contributed by atoms with van der Waals surface area (Å²) >= 11 is 0. The van der Waals surface area contributed by atoms with Crippen LogP contribution in [-0.2, 0) is 16.1 Å². The van der Waals surface area contributed by atoms with Crippen LogP contribution in [-0.4, -0.2) is 43.3 Å². The second-order valence-electron chi connectivity index (χ2n) is 7.48. The number of carbonyl (C=O) groups excluding carboxylic acids is 2. The molecule has 0 saturated carbocycles. The van der Waals surface area contributed by atoms with Gasteiger partial charge in [0.25, 0.3) is 11.8 Å². The van der Waals surface area contributed by atoms with E-state index in [0.717, 1.165) is 11.0 Å². The normalized spacial score (nSPS) is 14.2. The van der Waals surface area contributed by atoms with Gasteiger partial charge in [-0.25, -0.2) is 0 Å². The number of phenolic OH excluding ortho intramolecular Hbond substituents is 2. The molecule has 4 aromatic rings. The lowest BCUT2D eigenvalue weighted by Gasteiger charge is -2.03. The standard InChI is InChI=1S/C23H19N3O5/c27-7-1-6-26-11-17(15-9-13(29)3-5-19(15)26)21-20(22(30)25-23(21)31)16-10-24-18-4-2-12(28)8-14(16)18/h2-5,8-11,24,27-29H,1,6-7H2,(H,25,30,31). The predicted molar refractivity (Wildman–Crippen MR) is 115 cm³/mol. The SMILES string of the molecule is O=C1NC(=O)C(c2cn(CCCO)c3ccc(O)cc23)=C1c1c[nH]c2ccc(O)cc12. The lowest BCUT2D eigenvalue weighted by Crippen LogP contribution is -2.22. The van der Waals surface area contributed by atoms with Crippen LogP contribution in [0.1, 0.15) is 17.5 Å². The molecule has 5 rings (SSSR count). The first-order valence-electron chi connectivity index (χ1n) is 9.81. The van der Waals surface area contributed by atoms with Gasteiger partial charge in [-0.3, -0.25) is 14.9 Å². The van der Waals surface area contributed by atoms with Crippen LogP contribution < -0.4 is 5.32 Å². The lowest BCUT2D eigenvalue weighted by atomic mass is 9.95. The summed E-state index contributed by atoms with van der Waals surface area (Å²) in [5, 5.41) is 32.8. The number of aromatic hydroxyl groups is 2. The molecule has 31 heavy (non-hydrogen) atoms. The van der Waals surface area contributed by atoms with Crippen LogP contribution in [0.2, 0.25) is 0 Å². The highest BCUT2D eigenvalue weighted by Gasteiger charge is 2.35. The van der Waals surface area contributed by atoms with Crippen molar-refractivity contribution in [2.75, 3.05) is 6.61 Å². The molecular formula is C23H19N3O5. The van der Waals surface area contributed by atoms with Gasteiger partial charge in [0.15, 0.2) is 0 Å². The molecular weight excluding hydrogens is 398 g/mol. The number of aromatic amines is 1. The maximum atomic E-state index is 12.9. The third-order valence-electron chi connectivity index (χ3n) is 5.56. The van der Waals surface area contributed by atoms with E-state index in [2.05, 4.69) is 10.3 Å². The molecule has 5 N–H and O–H groups in total. The Morgan fingerprint density at radius 3 is 2.29 bits per heavy atom. The van der Waals surface area contributed by atoms with Crippen LogP contribution in [0.25, 0.3) is 33.0 Å². The molecule has 0 spiro atoms. The topological polar surface area (TPSA) is 128 Å². The van der Waals surface area contributed by atoms with Crippen LogP contribution in [0.4, 0.5) is 0 Å². The highest BCUT2D eigenvalue weighted by molar-refractivity contribution is 6.50. The Bertz CT molecular complexity index is 1410. The van der Waals surface area contributed by atoms with Crippen LogP contribution in [0.15, 0.2) is 48.8 Å². The lowest BCUT2D eigenvalue weighted by molar-refractivity contribution is -0.122. The molecule has 0 radical (unpaired) electrons. The Morgan fingerprint density at radius 1 is 0.871 bits per heavy atom. The van der Waals surface area contributed by atoms with E-state index in [1.807, 2.05) is 4.57 Å². The summed E-state index contributed by atoms with van der Waals surface area (Å²) in [5.74, 6) is -0.969. The van der Waals surface area contributed by atoms with E-state index in [1.165, 1.54) is 12.1 Å². The maximum Gasteiger partial charge on any atom is 0.259 e. The summed E-state index contributed by atoms with van der Waals surface area (Å²) in [4.78, 5) is 28.8. The van der Waals surface area contributed by atoms with Crippen LogP contribution in [0, 0.1) is 0 Å². The first-order valence-corrected chi connectivity index (χ1v) is 9.81. The number of nitrogens with one attached hydrogen (secondary N) is 2. The number of phenols is 2. The van der Waals surface area contributed by atoms with Gasteiger partial charge in [0, 0.05) is 58.5 Å². The van der Waals surface area contributed by atoms with E-state index in [-0.39, 0.29) is 29.3 Å². The number of aromatic nitrogens is 2. The van der Waals surface area contributed by atoms with Gasteiger partial charge in [-0.05, 0) is 42.8 Å². The number of hydrogen-bond donors (Lipinski definition) is 5. The number of hydrogen-bond acceptors (Lipinski definition) is 5. The van der Waals surface area contributed by atoms with Gasteiger partial charge in [0.1, 0.15) is 11.5 Å².